The standard InChI is InChI=1S/C40H66N2O8/c1-24-20-25(33(44)36(4,5)46)49-32-31(24)37(6)12-13-40-23-39(40)11-10-28(35(2,3)26(39)8-9-27(40)38(37,7)34(32)45)50-30-22-42(16-19-48-30)29(43)21-41-14-17-47-18-15-41/h24-28,30-34,44-46H,8-23H2,1-7H3/t24-,25?,26+,27?,28?,30+,31+,32?,33+,34+,37-,38-,39-,40+/m1/s1. The number of fused-ring (bicyclic) bond motifs is 4. The molecule has 50 heavy (non-hydrogen) atoms. The summed E-state index contributed by atoms with van der Waals surface area (Å²) >= 11 is 0. The van der Waals surface area contributed by atoms with Crippen LogP contribution in [0.25, 0.3) is 0 Å². The SMILES string of the molecule is C[C@@H]1CC([C@H](O)C(C)(C)O)OC2[C@H]1[C@@]1(C)CC[C@@]34C[C@@]35CCC(O[C@H]3CN(C(=O)CN6CCOCC6)CCO3)C(C)(C)[C@@H]5CCC4[C@]1(C)[C@H]2O. The zero-order valence-corrected chi connectivity index (χ0v) is 31.9. The zero-order chi connectivity index (χ0) is 35.6. The Morgan fingerprint density at radius 1 is 0.980 bits per heavy atom. The molecule has 0 aromatic rings. The molecular weight excluding hydrogens is 636 g/mol. The van der Waals surface area contributed by atoms with Gasteiger partial charge < -0.3 is 39.2 Å². The summed E-state index contributed by atoms with van der Waals surface area (Å²) in [4.78, 5) is 17.3. The van der Waals surface area contributed by atoms with Crippen molar-refractivity contribution in [1.82, 2.24) is 9.80 Å². The third-order valence-corrected chi connectivity index (χ3v) is 17.0. The Bertz CT molecular complexity index is 1320. The number of morpholine rings is 2. The van der Waals surface area contributed by atoms with Crippen LogP contribution in [-0.4, -0.2) is 126 Å². The molecule has 0 bridgehead atoms. The van der Waals surface area contributed by atoms with E-state index in [1.165, 1.54) is 12.8 Å². The second-order valence-electron chi connectivity index (χ2n) is 19.8. The van der Waals surface area contributed by atoms with Gasteiger partial charge in [-0.05, 0) is 111 Å². The van der Waals surface area contributed by atoms with Gasteiger partial charge in [0.2, 0.25) is 5.91 Å². The molecule has 5 aliphatic carbocycles. The molecule has 1 amide bonds. The average molecular weight is 703 g/mol. The maximum atomic E-state index is 13.2. The van der Waals surface area contributed by atoms with Crippen molar-refractivity contribution in [3.05, 3.63) is 0 Å². The van der Waals surface area contributed by atoms with E-state index >= 15 is 0 Å². The summed E-state index contributed by atoms with van der Waals surface area (Å²) in [5.74, 6) is 1.64. The van der Waals surface area contributed by atoms with Gasteiger partial charge in [0, 0.05) is 25.0 Å². The van der Waals surface area contributed by atoms with Gasteiger partial charge in [-0.1, -0.05) is 34.6 Å². The summed E-state index contributed by atoms with van der Waals surface area (Å²) in [6.45, 7) is 20.3. The highest BCUT2D eigenvalue weighted by molar-refractivity contribution is 5.78. The second kappa shape index (κ2) is 12.1. The monoisotopic (exact) mass is 702 g/mol. The predicted molar refractivity (Wildman–Crippen MR) is 187 cm³/mol. The van der Waals surface area contributed by atoms with E-state index in [0.717, 1.165) is 45.2 Å². The van der Waals surface area contributed by atoms with Crippen molar-refractivity contribution in [3.8, 4) is 0 Å². The van der Waals surface area contributed by atoms with E-state index < -0.39 is 30.2 Å². The van der Waals surface area contributed by atoms with Gasteiger partial charge in [0.1, 0.15) is 6.10 Å². The Labute approximate surface area is 299 Å². The number of nitrogens with zero attached hydrogens (tertiary/aromatic N) is 2. The first kappa shape index (κ1) is 36.1. The fraction of sp³-hybridized carbons (Fsp3) is 0.975. The zero-order valence-electron chi connectivity index (χ0n) is 31.9. The van der Waals surface area contributed by atoms with Crippen molar-refractivity contribution >= 4 is 5.91 Å². The van der Waals surface area contributed by atoms with Gasteiger partial charge in [-0.15, -0.1) is 0 Å². The molecule has 0 aromatic carbocycles. The van der Waals surface area contributed by atoms with Crippen LogP contribution >= 0.6 is 0 Å². The molecular formula is C40H66N2O8. The van der Waals surface area contributed by atoms with E-state index in [1.54, 1.807) is 13.8 Å². The number of ether oxygens (including phenoxy) is 4. The van der Waals surface area contributed by atoms with E-state index in [-0.39, 0.29) is 57.0 Å². The normalized spacial score (nSPS) is 50.7. The second-order valence-corrected chi connectivity index (χ2v) is 19.8. The van der Waals surface area contributed by atoms with E-state index in [1.807, 2.05) is 4.90 Å². The fourth-order valence-corrected chi connectivity index (χ4v) is 14.4. The summed E-state index contributed by atoms with van der Waals surface area (Å²) in [7, 11) is 0. The Kier molecular flexibility index (Phi) is 8.73. The van der Waals surface area contributed by atoms with Gasteiger partial charge in [0.15, 0.2) is 6.29 Å². The van der Waals surface area contributed by atoms with Crippen LogP contribution in [0.4, 0.5) is 0 Å². The number of rotatable bonds is 6. The summed E-state index contributed by atoms with van der Waals surface area (Å²) in [6, 6.07) is 0. The minimum atomic E-state index is -1.26. The molecule has 10 nitrogen and oxygen atoms in total. The summed E-state index contributed by atoms with van der Waals surface area (Å²) in [5, 5.41) is 34.2. The molecule has 2 spiro atoms. The van der Waals surface area contributed by atoms with Crippen molar-refractivity contribution in [2.45, 2.75) is 142 Å². The summed E-state index contributed by atoms with van der Waals surface area (Å²) < 4.78 is 25.2. The lowest BCUT2D eigenvalue weighted by Crippen LogP contribution is -2.60. The van der Waals surface area contributed by atoms with Gasteiger partial charge in [-0.25, -0.2) is 0 Å². The van der Waals surface area contributed by atoms with Crippen LogP contribution in [0.1, 0.15) is 99.8 Å². The first-order chi connectivity index (χ1) is 23.5. The lowest BCUT2D eigenvalue weighted by Gasteiger charge is -2.64. The molecule has 3 saturated heterocycles. The highest BCUT2D eigenvalue weighted by atomic mass is 16.7. The molecule has 4 unspecified atom stereocenters. The predicted octanol–water partition coefficient (Wildman–Crippen LogP) is 3.83. The number of aliphatic hydroxyl groups is 3. The molecule has 8 aliphatic rings. The molecule has 5 saturated carbocycles. The smallest absolute Gasteiger partial charge is 0.237 e. The molecule has 284 valence electrons. The van der Waals surface area contributed by atoms with Crippen molar-refractivity contribution in [2.24, 2.45) is 50.7 Å². The number of aliphatic hydroxyl groups excluding tert-OH is 2. The Hall–Kier alpha value is -0.850. The largest absolute Gasteiger partial charge is 0.390 e. The quantitative estimate of drug-likeness (QED) is 0.380. The van der Waals surface area contributed by atoms with Crippen LogP contribution in [0, 0.1) is 50.7 Å². The van der Waals surface area contributed by atoms with Crippen molar-refractivity contribution in [1.29, 1.82) is 0 Å². The van der Waals surface area contributed by atoms with Crippen LogP contribution in [0.15, 0.2) is 0 Å². The average Bonchev–Trinajstić information content (AvgIpc) is 3.70. The molecule has 3 aliphatic heterocycles. The molecule has 14 atom stereocenters. The number of carbonyl (C=O) groups excluding carboxylic acids is 1. The van der Waals surface area contributed by atoms with Crippen LogP contribution in [0.2, 0.25) is 0 Å². The fourth-order valence-electron chi connectivity index (χ4n) is 14.4. The highest BCUT2D eigenvalue weighted by Crippen LogP contribution is 2.89. The summed E-state index contributed by atoms with van der Waals surface area (Å²) in [6.07, 6.45) is 5.94. The van der Waals surface area contributed by atoms with Gasteiger partial charge in [-0.2, -0.15) is 0 Å². The van der Waals surface area contributed by atoms with Crippen LogP contribution in [-0.2, 0) is 23.7 Å². The lowest BCUT2D eigenvalue weighted by molar-refractivity contribution is -0.248. The first-order valence-electron chi connectivity index (χ1n) is 20.1. The van der Waals surface area contributed by atoms with Crippen LogP contribution < -0.4 is 0 Å². The van der Waals surface area contributed by atoms with Gasteiger partial charge >= 0.3 is 0 Å². The topological polar surface area (TPSA) is 121 Å². The van der Waals surface area contributed by atoms with Crippen LogP contribution in [0.5, 0.6) is 0 Å². The van der Waals surface area contributed by atoms with E-state index in [9.17, 15) is 20.1 Å². The van der Waals surface area contributed by atoms with E-state index in [0.29, 0.717) is 57.7 Å². The molecule has 0 radical (unpaired) electrons. The van der Waals surface area contributed by atoms with Crippen molar-refractivity contribution < 1.29 is 39.1 Å². The minimum absolute atomic E-state index is 0.0296. The van der Waals surface area contributed by atoms with Gasteiger partial charge in [0.25, 0.3) is 0 Å². The van der Waals surface area contributed by atoms with Gasteiger partial charge in [0.05, 0.1) is 62.9 Å². The number of hydrogen-bond donors (Lipinski definition) is 3. The lowest BCUT2D eigenvalue weighted by atomic mass is 9.41. The molecule has 3 N–H and O–H groups in total. The highest BCUT2D eigenvalue weighted by Gasteiger charge is 2.84. The first-order valence-corrected chi connectivity index (χ1v) is 20.1. The van der Waals surface area contributed by atoms with Crippen molar-refractivity contribution in [2.75, 3.05) is 52.5 Å². The molecule has 3 heterocycles. The molecule has 8 rings (SSSR count). The molecule has 0 aromatic heterocycles. The van der Waals surface area contributed by atoms with E-state index in [2.05, 4.69) is 39.5 Å². The third-order valence-electron chi connectivity index (χ3n) is 17.0. The maximum Gasteiger partial charge on any atom is 0.237 e. The van der Waals surface area contributed by atoms with Crippen molar-refractivity contribution in [3.63, 3.8) is 0 Å². The van der Waals surface area contributed by atoms with Crippen LogP contribution in [0.3, 0.4) is 0 Å². The van der Waals surface area contributed by atoms with E-state index in [4.69, 9.17) is 18.9 Å². The van der Waals surface area contributed by atoms with Gasteiger partial charge in [-0.3, -0.25) is 9.69 Å². The molecule has 10 heteroatoms. The minimum Gasteiger partial charge on any atom is -0.390 e. The number of amides is 1. The maximum absolute atomic E-state index is 13.2. The third kappa shape index (κ3) is 5.04. The Morgan fingerprint density at radius 2 is 1.68 bits per heavy atom. The Morgan fingerprint density at radius 3 is 2.40 bits per heavy atom. The molecule has 8 fully saturated rings. The Balaban J connectivity index is 0.974. The summed E-state index contributed by atoms with van der Waals surface area (Å²) in [5.41, 5.74) is -1.10. The number of carbonyl (C=O) groups is 1. The number of hydrogen-bond acceptors (Lipinski definition) is 9.